The normalized spacial score (nSPS) is 23.5. The van der Waals surface area contributed by atoms with E-state index in [0.29, 0.717) is 0 Å². The minimum Gasteiger partial charge on any atom is -0.487 e. The van der Waals surface area contributed by atoms with E-state index in [1.54, 1.807) is 11.3 Å². The van der Waals surface area contributed by atoms with Gasteiger partial charge in [-0.15, -0.1) is 11.3 Å². The highest BCUT2D eigenvalue weighted by molar-refractivity contribution is 7.09. The number of rotatable bonds is 3. The van der Waals surface area contributed by atoms with Gasteiger partial charge < -0.3 is 9.47 Å². The van der Waals surface area contributed by atoms with Crippen LogP contribution in [-0.4, -0.2) is 35.2 Å². The number of para-hydroxylation sites is 1. The molecule has 1 aromatic carbocycles. The Kier molecular flexibility index (Phi) is 3.87. The zero-order valence-electron chi connectivity index (χ0n) is 13.6. The monoisotopic (exact) mass is 330 g/mol. The van der Waals surface area contributed by atoms with Gasteiger partial charge in [-0.2, -0.15) is 0 Å². The number of benzene rings is 1. The molecule has 1 aromatic heterocycles. The summed E-state index contributed by atoms with van der Waals surface area (Å²) in [5.41, 5.74) is 2.53. The highest BCUT2D eigenvalue weighted by Crippen LogP contribution is 2.38. The van der Waals surface area contributed by atoms with E-state index in [-0.39, 0.29) is 11.7 Å². The summed E-state index contributed by atoms with van der Waals surface area (Å²) in [7, 11) is 0. The largest absolute Gasteiger partial charge is 0.487 e. The van der Waals surface area contributed by atoms with E-state index in [1.807, 2.05) is 11.6 Å². The molecule has 0 radical (unpaired) electrons. The Bertz CT molecular complexity index is 684. The van der Waals surface area contributed by atoms with Gasteiger partial charge in [-0.1, -0.05) is 18.2 Å². The van der Waals surface area contributed by atoms with Crippen LogP contribution in [-0.2, 0) is 17.7 Å². The average molecular weight is 330 g/mol. The highest BCUT2D eigenvalue weighted by Gasteiger charge is 2.32. The Hall–Kier alpha value is -1.43. The summed E-state index contributed by atoms with van der Waals surface area (Å²) in [4.78, 5) is 6.84. The zero-order valence-corrected chi connectivity index (χ0v) is 14.4. The maximum atomic E-state index is 6.20. The molecule has 0 unspecified atom stereocenters. The summed E-state index contributed by atoms with van der Waals surface area (Å²) in [5.74, 6) is 1.09. The molecule has 2 aliphatic heterocycles. The second kappa shape index (κ2) is 5.89. The van der Waals surface area contributed by atoms with Crippen LogP contribution in [0, 0.1) is 0 Å². The van der Waals surface area contributed by atoms with E-state index in [9.17, 15) is 0 Å². The minimum absolute atomic E-state index is 0.0904. The minimum atomic E-state index is -0.0904. The second-order valence-electron chi connectivity index (χ2n) is 6.91. The maximum Gasteiger partial charge on any atom is 0.127 e. The fourth-order valence-electron chi connectivity index (χ4n) is 3.43. The van der Waals surface area contributed by atoms with Gasteiger partial charge in [0.2, 0.25) is 0 Å². The van der Waals surface area contributed by atoms with Crippen LogP contribution in [0.1, 0.15) is 36.1 Å². The number of fused-ring (bicyclic) bond motifs is 1. The number of thiazole rings is 1. The smallest absolute Gasteiger partial charge is 0.127 e. The van der Waals surface area contributed by atoms with Gasteiger partial charge in [0, 0.05) is 43.2 Å². The molecule has 122 valence electrons. The van der Waals surface area contributed by atoms with Crippen LogP contribution < -0.4 is 4.74 Å². The fourth-order valence-corrected chi connectivity index (χ4v) is 4.11. The molecule has 1 atom stereocenters. The van der Waals surface area contributed by atoms with Crippen molar-refractivity contribution in [2.75, 3.05) is 19.7 Å². The van der Waals surface area contributed by atoms with Gasteiger partial charge in [-0.05, 0) is 19.4 Å². The Morgan fingerprint density at radius 1 is 1.39 bits per heavy atom. The molecule has 23 heavy (non-hydrogen) atoms. The standard InChI is InChI=1S/C18H22N2O2S/c1-18(2)10-13-4-3-5-14(16(13)22-18)11-20-7-8-21-15(12-20)17-19-6-9-23-17/h3-6,9,15H,7-8,10-12H2,1-2H3/t15-/m1/s1. The molecule has 4 rings (SSSR count). The van der Waals surface area contributed by atoms with Gasteiger partial charge in [0.15, 0.2) is 0 Å². The van der Waals surface area contributed by atoms with E-state index in [1.165, 1.54) is 11.1 Å². The molecule has 2 aliphatic rings. The van der Waals surface area contributed by atoms with Crippen molar-refractivity contribution in [2.24, 2.45) is 0 Å². The summed E-state index contributed by atoms with van der Waals surface area (Å²) in [6.45, 7) is 7.82. The lowest BCUT2D eigenvalue weighted by molar-refractivity contribution is -0.0333. The third kappa shape index (κ3) is 3.13. The highest BCUT2D eigenvalue weighted by atomic mass is 32.1. The summed E-state index contributed by atoms with van der Waals surface area (Å²) < 4.78 is 12.1. The molecule has 5 heteroatoms. The number of hydrogen-bond donors (Lipinski definition) is 0. The number of aromatic nitrogens is 1. The molecular weight excluding hydrogens is 308 g/mol. The molecule has 3 heterocycles. The molecule has 0 saturated carbocycles. The van der Waals surface area contributed by atoms with Crippen molar-refractivity contribution < 1.29 is 9.47 Å². The fraction of sp³-hybridized carbons (Fsp3) is 0.500. The van der Waals surface area contributed by atoms with Crippen LogP contribution in [0.5, 0.6) is 5.75 Å². The summed E-state index contributed by atoms with van der Waals surface area (Å²) in [5, 5.41) is 3.09. The number of hydrogen-bond acceptors (Lipinski definition) is 5. The Balaban J connectivity index is 1.50. The molecule has 0 spiro atoms. The van der Waals surface area contributed by atoms with Crippen LogP contribution in [0.15, 0.2) is 29.8 Å². The maximum absolute atomic E-state index is 6.20. The first-order valence-corrected chi connectivity index (χ1v) is 9.02. The van der Waals surface area contributed by atoms with Crippen molar-refractivity contribution in [3.05, 3.63) is 45.9 Å². The molecule has 0 amide bonds. The van der Waals surface area contributed by atoms with Crippen molar-refractivity contribution in [1.29, 1.82) is 0 Å². The van der Waals surface area contributed by atoms with Gasteiger partial charge in [-0.3, -0.25) is 4.90 Å². The molecular formula is C18H22N2O2S. The van der Waals surface area contributed by atoms with E-state index >= 15 is 0 Å². The van der Waals surface area contributed by atoms with Crippen LogP contribution in [0.2, 0.25) is 0 Å². The summed E-state index contributed by atoms with van der Waals surface area (Å²) in [6, 6.07) is 6.52. The van der Waals surface area contributed by atoms with Crippen LogP contribution >= 0.6 is 11.3 Å². The molecule has 0 bridgehead atoms. The topological polar surface area (TPSA) is 34.6 Å². The SMILES string of the molecule is CC1(C)Cc2cccc(CN3CCO[C@@H](c4nccs4)C3)c2O1. The van der Waals surface area contributed by atoms with Crippen molar-refractivity contribution >= 4 is 11.3 Å². The lowest BCUT2D eigenvalue weighted by atomic mass is 10.0. The second-order valence-corrected chi connectivity index (χ2v) is 7.83. The first kappa shape index (κ1) is 15.1. The third-order valence-corrected chi connectivity index (χ3v) is 5.31. The van der Waals surface area contributed by atoms with Crippen molar-refractivity contribution in [1.82, 2.24) is 9.88 Å². The summed E-state index contributed by atoms with van der Waals surface area (Å²) in [6.07, 6.45) is 2.93. The van der Waals surface area contributed by atoms with E-state index < -0.39 is 0 Å². The predicted octanol–water partition coefficient (Wildman–Crippen LogP) is 3.43. The number of morpholine rings is 1. The quantitative estimate of drug-likeness (QED) is 0.863. The van der Waals surface area contributed by atoms with E-state index in [2.05, 4.69) is 41.9 Å². The summed E-state index contributed by atoms with van der Waals surface area (Å²) >= 11 is 1.67. The Morgan fingerprint density at radius 2 is 2.30 bits per heavy atom. The first-order chi connectivity index (χ1) is 11.1. The molecule has 1 fully saturated rings. The number of ether oxygens (including phenoxy) is 2. The van der Waals surface area contributed by atoms with Gasteiger partial charge >= 0.3 is 0 Å². The third-order valence-electron chi connectivity index (χ3n) is 4.44. The van der Waals surface area contributed by atoms with Gasteiger partial charge in [-0.25, -0.2) is 4.98 Å². The molecule has 4 nitrogen and oxygen atoms in total. The average Bonchev–Trinajstić information content (AvgIpc) is 3.14. The van der Waals surface area contributed by atoms with Crippen molar-refractivity contribution in [3.63, 3.8) is 0 Å². The van der Waals surface area contributed by atoms with Crippen LogP contribution in [0.25, 0.3) is 0 Å². The number of nitrogens with zero attached hydrogens (tertiary/aromatic N) is 2. The molecule has 0 aliphatic carbocycles. The zero-order chi connectivity index (χ0) is 15.9. The molecule has 2 aromatic rings. The lowest BCUT2D eigenvalue weighted by Gasteiger charge is -2.32. The van der Waals surface area contributed by atoms with E-state index in [4.69, 9.17) is 9.47 Å². The molecule has 0 N–H and O–H groups in total. The van der Waals surface area contributed by atoms with Gasteiger partial charge in [0.25, 0.3) is 0 Å². The predicted molar refractivity (Wildman–Crippen MR) is 90.9 cm³/mol. The van der Waals surface area contributed by atoms with Crippen LogP contribution in [0.3, 0.4) is 0 Å². The van der Waals surface area contributed by atoms with Gasteiger partial charge in [0.1, 0.15) is 22.5 Å². The van der Waals surface area contributed by atoms with E-state index in [0.717, 1.165) is 43.4 Å². The van der Waals surface area contributed by atoms with Gasteiger partial charge in [0.05, 0.1) is 6.61 Å². The molecule has 1 saturated heterocycles. The van der Waals surface area contributed by atoms with Crippen molar-refractivity contribution in [2.45, 2.75) is 38.5 Å². The van der Waals surface area contributed by atoms with Crippen molar-refractivity contribution in [3.8, 4) is 5.75 Å². The Labute approximate surface area is 141 Å². The van der Waals surface area contributed by atoms with Crippen LogP contribution in [0.4, 0.5) is 0 Å². The Morgan fingerprint density at radius 3 is 3.13 bits per heavy atom. The first-order valence-electron chi connectivity index (χ1n) is 8.14. The lowest BCUT2D eigenvalue weighted by Crippen LogP contribution is -2.37.